The molecule has 2 aromatic heterocycles. The lowest BCUT2D eigenvalue weighted by molar-refractivity contribution is 0.411. The van der Waals surface area contributed by atoms with Crippen LogP contribution in [0.5, 0.6) is 11.6 Å². The third-order valence-electron chi connectivity index (χ3n) is 2.70. The first-order valence-electron chi connectivity index (χ1n) is 5.17. The van der Waals surface area contributed by atoms with E-state index < -0.39 is 0 Å². The van der Waals surface area contributed by atoms with Gasteiger partial charge in [0.2, 0.25) is 5.88 Å². The van der Waals surface area contributed by atoms with Gasteiger partial charge in [-0.25, -0.2) is 4.98 Å². The van der Waals surface area contributed by atoms with Crippen molar-refractivity contribution >= 4 is 11.8 Å². The number of thioether (sulfide) groups is 1. The number of hydrogen-bond acceptors (Lipinski definition) is 5. The summed E-state index contributed by atoms with van der Waals surface area (Å²) in [4.78, 5) is 4.20. The predicted molar refractivity (Wildman–Crippen MR) is 64.6 cm³/mol. The van der Waals surface area contributed by atoms with Crippen LogP contribution in [-0.4, -0.2) is 27.0 Å². The van der Waals surface area contributed by atoms with E-state index in [9.17, 15) is 5.11 Å². The third kappa shape index (κ3) is 1.64. The van der Waals surface area contributed by atoms with Gasteiger partial charge in [-0.1, -0.05) is 0 Å². The van der Waals surface area contributed by atoms with Crippen molar-refractivity contribution in [1.82, 2.24) is 14.8 Å². The topological polar surface area (TPSA) is 60.2 Å². The maximum absolute atomic E-state index is 10.0. The molecule has 0 aliphatic carbocycles. The fourth-order valence-electron chi connectivity index (χ4n) is 1.78. The molecule has 0 saturated heterocycles. The zero-order chi connectivity index (χ0) is 11.8. The lowest BCUT2D eigenvalue weighted by Gasteiger charge is -2.04. The molecule has 5 nitrogen and oxygen atoms in total. The number of pyridine rings is 1. The SMILES string of the molecule is COc1ccc(-n2nc3c(c2O)CSC3)nc1. The predicted octanol–water partition coefficient (Wildman–Crippen LogP) is 1.73. The Labute approximate surface area is 102 Å². The summed E-state index contributed by atoms with van der Waals surface area (Å²) < 4.78 is 6.51. The van der Waals surface area contributed by atoms with Crippen LogP contribution in [0, 0.1) is 0 Å². The van der Waals surface area contributed by atoms with Crippen LogP contribution in [0.25, 0.3) is 5.82 Å². The van der Waals surface area contributed by atoms with Crippen LogP contribution >= 0.6 is 11.8 Å². The van der Waals surface area contributed by atoms with E-state index in [1.807, 2.05) is 0 Å². The van der Waals surface area contributed by atoms with Gasteiger partial charge in [-0.15, -0.1) is 0 Å². The van der Waals surface area contributed by atoms with Crippen LogP contribution in [-0.2, 0) is 11.5 Å². The molecule has 0 amide bonds. The molecule has 3 heterocycles. The van der Waals surface area contributed by atoms with Crippen molar-refractivity contribution in [1.29, 1.82) is 0 Å². The number of fused-ring (bicyclic) bond motifs is 1. The van der Waals surface area contributed by atoms with Crippen molar-refractivity contribution in [3.05, 3.63) is 29.6 Å². The van der Waals surface area contributed by atoms with E-state index in [1.165, 1.54) is 4.68 Å². The van der Waals surface area contributed by atoms with Crippen LogP contribution in [0.3, 0.4) is 0 Å². The Hall–Kier alpha value is -1.69. The van der Waals surface area contributed by atoms with Crippen molar-refractivity contribution in [2.75, 3.05) is 7.11 Å². The summed E-state index contributed by atoms with van der Waals surface area (Å²) in [7, 11) is 1.59. The molecule has 6 heteroatoms. The lowest BCUT2D eigenvalue weighted by Crippen LogP contribution is -2.00. The van der Waals surface area contributed by atoms with Crippen molar-refractivity contribution in [2.24, 2.45) is 0 Å². The van der Waals surface area contributed by atoms with Crippen LogP contribution in [0.2, 0.25) is 0 Å². The van der Waals surface area contributed by atoms with Crippen LogP contribution in [0.4, 0.5) is 0 Å². The van der Waals surface area contributed by atoms with Gasteiger partial charge in [-0.2, -0.15) is 21.5 Å². The molecular formula is C11H11N3O2S. The van der Waals surface area contributed by atoms with E-state index in [-0.39, 0.29) is 5.88 Å². The second-order valence-corrected chi connectivity index (χ2v) is 4.70. The minimum Gasteiger partial charge on any atom is -0.495 e. The van der Waals surface area contributed by atoms with Gasteiger partial charge < -0.3 is 9.84 Å². The Morgan fingerprint density at radius 3 is 2.94 bits per heavy atom. The standard InChI is InChI=1S/C11H11N3O2S/c1-16-7-2-3-10(12-4-7)14-11(15)8-5-17-6-9(8)13-14/h2-4,15H,5-6H2,1H3. The molecule has 1 aliphatic rings. The quantitative estimate of drug-likeness (QED) is 0.878. The summed E-state index contributed by atoms with van der Waals surface area (Å²) in [6.07, 6.45) is 1.61. The zero-order valence-corrected chi connectivity index (χ0v) is 10.1. The normalized spacial score (nSPS) is 13.7. The smallest absolute Gasteiger partial charge is 0.220 e. The van der Waals surface area contributed by atoms with Crippen molar-refractivity contribution in [3.8, 4) is 17.4 Å². The number of methoxy groups -OCH3 is 1. The summed E-state index contributed by atoms with van der Waals surface area (Å²) in [5.41, 5.74) is 1.87. The summed E-state index contributed by atoms with van der Waals surface area (Å²) in [5.74, 6) is 3.15. The minimum absolute atomic E-state index is 0.197. The first-order valence-corrected chi connectivity index (χ1v) is 6.33. The Morgan fingerprint density at radius 2 is 2.29 bits per heavy atom. The molecule has 2 aromatic rings. The molecule has 1 N–H and O–H groups in total. The van der Waals surface area contributed by atoms with E-state index in [1.54, 1.807) is 37.2 Å². The van der Waals surface area contributed by atoms with E-state index >= 15 is 0 Å². The van der Waals surface area contributed by atoms with Gasteiger partial charge in [0, 0.05) is 17.1 Å². The van der Waals surface area contributed by atoms with Gasteiger partial charge in [0.15, 0.2) is 5.82 Å². The molecule has 0 bridgehead atoms. The maximum Gasteiger partial charge on any atom is 0.220 e. The van der Waals surface area contributed by atoms with Crippen LogP contribution in [0.1, 0.15) is 11.3 Å². The van der Waals surface area contributed by atoms with Gasteiger partial charge in [-0.05, 0) is 12.1 Å². The van der Waals surface area contributed by atoms with Crippen molar-refractivity contribution in [3.63, 3.8) is 0 Å². The van der Waals surface area contributed by atoms with Gasteiger partial charge in [0.05, 0.1) is 19.0 Å². The largest absolute Gasteiger partial charge is 0.495 e. The molecule has 0 radical (unpaired) electrons. The Balaban J connectivity index is 2.03. The average Bonchev–Trinajstić information content (AvgIpc) is 2.93. The molecule has 0 saturated carbocycles. The zero-order valence-electron chi connectivity index (χ0n) is 9.25. The van der Waals surface area contributed by atoms with E-state index in [2.05, 4.69) is 10.1 Å². The maximum atomic E-state index is 10.0. The minimum atomic E-state index is 0.197. The van der Waals surface area contributed by atoms with Crippen molar-refractivity contribution in [2.45, 2.75) is 11.5 Å². The molecular weight excluding hydrogens is 238 g/mol. The molecule has 0 aromatic carbocycles. The molecule has 88 valence electrons. The third-order valence-corrected chi connectivity index (χ3v) is 3.67. The number of ether oxygens (including phenoxy) is 1. The number of hydrogen-bond donors (Lipinski definition) is 1. The van der Waals surface area contributed by atoms with Gasteiger partial charge in [0.25, 0.3) is 0 Å². The number of rotatable bonds is 2. The molecule has 3 rings (SSSR count). The summed E-state index contributed by atoms with van der Waals surface area (Å²) in [6, 6.07) is 3.57. The fraction of sp³-hybridized carbons (Fsp3) is 0.273. The highest BCUT2D eigenvalue weighted by Crippen LogP contribution is 2.36. The van der Waals surface area contributed by atoms with Gasteiger partial charge >= 0.3 is 0 Å². The Bertz CT molecular complexity index is 551. The number of aromatic hydroxyl groups is 1. The molecule has 17 heavy (non-hydrogen) atoms. The average molecular weight is 249 g/mol. The summed E-state index contributed by atoms with van der Waals surface area (Å²) in [6.45, 7) is 0. The first-order chi connectivity index (χ1) is 8.29. The molecule has 0 atom stereocenters. The number of nitrogens with zero attached hydrogens (tertiary/aromatic N) is 3. The Morgan fingerprint density at radius 1 is 1.41 bits per heavy atom. The monoisotopic (exact) mass is 249 g/mol. The second-order valence-electron chi connectivity index (χ2n) is 3.71. The van der Waals surface area contributed by atoms with E-state index in [4.69, 9.17) is 4.74 Å². The van der Waals surface area contributed by atoms with E-state index in [0.717, 1.165) is 22.8 Å². The summed E-state index contributed by atoms with van der Waals surface area (Å²) in [5, 5.41) is 14.4. The summed E-state index contributed by atoms with van der Waals surface area (Å²) >= 11 is 1.76. The molecule has 0 fully saturated rings. The Kier molecular flexibility index (Phi) is 2.44. The van der Waals surface area contributed by atoms with Gasteiger partial charge in [0.1, 0.15) is 5.75 Å². The molecule has 0 spiro atoms. The van der Waals surface area contributed by atoms with Crippen LogP contribution in [0.15, 0.2) is 18.3 Å². The second kappa shape index (κ2) is 3.96. The van der Waals surface area contributed by atoms with Crippen LogP contribution < -0.4 is 4.74 Å². The highest BCUT2D eigenvalue weighted by atomic mass is 32.2. The lowest BCUT2D eigenvalue weighted by atomic mass is 10.3. The number of aromatic nitrogens is 3. The van der Waals surface area contributed by atoms with Crippen molar-refractivity contribution < 1.29 is 9.84 Å². The highest BCUT2D eigenvalue weighted by Gasteiger charge is 2.23. The molecule has 1 aliphatic heterocycles. The highest BCUT2D eigenvalue weighted by molar-refractivity contribution is 7.98. The fourth-order valence-corrected chi connectivity index (χ4v) is 2.80. The van der Waals surface area contributed by atoms with Gasteiger partial charge in [-0.3, -0.25) is 0 Å². The van der Waals surface area contributed by atoms with E-state index in [0.29, 0.717) is 11.6 Å². The first kappa shape index (κ1) is 10.5. The molecule has 0 unspecified atom stereocenters.